The number of fused-ring (bicyclic) bond motifs is 1. The largest absolute Gasteiger partial charge is 0.396 e. The summed E-state index contributed by atoms with van der Waals surface area (Å²) in [6.45, 7) is 1.11. The molecule has 2 heterocycles. The SMILES string of the molecule is Nc1cc(Br)cnc1N1CCCC2CCCCC21. The average molecular weight is 310 g/mol. The van der Waals surface area contributed by atoms with Crippen molar-refractivity contribution < 1.29 is 0 Å². The highest BCUT2D eigenvalue weighted by molar-refractivity contribution is 9.10. The van der Waals surface area contributed by atoms with Crippen LogP contribution in [0.15, 0.2) is 16.7 Å². The molecule has 3 rings (SSSR count). The van der Waals surface area contributed by atoms with Crippen LogP contribution in [0.3, 0.4) is 0 Å². The van der Waals surface area contributed by atoms with Crippen LogP contribution >= 0.6 is 15.9 Å². The van der Waals surface area contributed by atoms with Crippen molar-refractivity contribution in [3.8, 4) is 0 Å². The van der Waals surface area contributed by atoms with E-state index in [0.717, 1.165) is 28.4 Å². The average Bonchev–Trinajstić information content (AvgIpc) is 2.38. The molecule has 1 aromatic heterocycles. The zero-order chi connectivity index (χ0) is 12.5. The molecule has 98 valence electrons. The molecule has 1 saturated carbocycles. The summed E-state index contributed by atoms with van der Waals surface area (Å²) in [5.41, 5.74) is 6.94. The van der Waals surface area contributed by atoms with Crippen molar-refractivity contribution in [2.75, 3.05) is 17.2 Å². The normalized spacial score (nSPS) is 27.9. The van der Waals surface area contributed by atoms with Crippen LogP contribution in [0.5, 0.6) is 0 Å². The van der Waals surface area contributed by atoms with Crippen molar-refractivity contribution in [2.45, 2.75) is 44.6 Å². The van der Waals surface area contributed by atoms with Crippen LogP contribution in [0.4, 0.5) is 11.5 Å². The lowest BCUT2D eigenvalue weighted by atomic mass is 9.78. The fourth-order valence-electron chi connectivity index (χ4n) is 3.58. The van der Waals surface area contributed by atoms with Gasteiger partial charge in [-0.3, -0.25) is 0 Å². The van der Waals surface area contributed by atoms with Gasteiger partial charge in [-0.25, -0.2) is 4.98 Å². The first-order chi connectivity index (χ1) is 8.75. The molecule has 18 heavy (non-hydrogen) atoms. The smallest absolute Gasteiger partial charge is 0.152 e. The zero-order valence-corrected chi connectivity index (χ0v) is 12.2. The van der Waals surface area contributed by atoms with E-state index in [9.17, 15) is 0 Å². The van der Waals surface area contributed by atoms with Gasteiger partial charge in [0.2, 0.25) is 0 Å². The molecular formula is C14H20BrN3. The Bertz CT molecular complexity index is 433. The predicted octanol–water partition coefficient (Wildman–Crippen LogP) is 3.59. The molecule has 0 bridgehead atoms. The molecule has 1 saturated heterocycles. The Morgan fingerprint density at radius 3 is 2.83 bits per heavy atom. The Morgan fingerprint density at radius 2 is 2.00 bits per heavy atom. The third-order valence-electron chi connectivity index (χ3n) is 4.38. The topological polar surface area (TPSA) is 42.1 Å². The number of piperidine rings is 1. The van der Waals surface area contributed by atoms with Gasteiger partial charge in [0.05, 0.1) is 5.69 Å². The van der Waals surface area contributed by atoms with Crippen LogP contribution < -0.4 is 10.6 Å². The minimum Gasteiger partial charge on any atom is -0.396 e. The molecule has 2 unspecified atom stereocenters. The van der Waals surface area contributed by atoms with Crippen LogP contribution in [0.25, 0.3) is 0 Å². The second-order valence-corrected chi connectivity index (χ2v) is 6.43. The van der Waals surface area contributed by atoms with Gasteiger partial charge in [0, 0.05) is 23.3 Å². The lowest BCUT2D eigenvalue weighted by molar-refractivity contribution is 0.243. The molecule has 4 heteroatoms. The van der Waals surface area contributed by atoms with Crippen molar-refractivity contribution in [2.24, 2.45) is 5.92 Å². The van der Waals surface area contributed by atoms with Gasteiger partial charge in [-0.15, -0.1) is 0 Å². The van der Waals surface area contributed by atoms with Crippen LogP contribution in [-0.4, -0.2) is 17.6 Å². The number of hydrogen-bond acceptors (Lipinski definition) is 3. The Balaban J connectivity index is 1.89. The summed E-state index contributed by atoms with van der Waals surface area (Å²) < 4.78 is 0.959. The summed E-state index contributed by atoms with van der Waals surface area (Å²) in [6.07, 6.45) is 9.97. The summed E-state index contributed by atoms with van der Waals surface area (Å²) in [6, 6.07) is 2.64. The quantitative estimate of drug-likeness (QED) is 0.862. The van der Waals surface area contributed by atoms with Crippen LogP contribution in [0, 0.1) is 5.92 Å². The standard InChI is InChI=1S/C14H20BrN3/c15-11-8-12(16)14(17-9-11)18-7-3-5-10-4-1-2-6-13(10)18/h8-10,13H,1-7,16H2. The Hall–Kier alpha value is -0.770. The maximum absolute atomic E-state index is 6.14. The van der Waals surface area contributed by atoms with Crippen molar-refractivity contribution in [1.29, 1.82) is 0 Å². The highest BCUT2D eigenvalue weighted by Gasteiger charge is 2.34. The first-order valence-corrected chi connectivity index (χ1v) is 7.72. The molecule has 0 spiro atoms. The Kier molecular flexibility index (Phi) is 3.46. The molecule has 0 radical (unpaired) electrons. The molecular weight excluding hydrogens is 290 g/mol. The first-order valence-electron chi connectivity index (χ1n) is 6.93. The fraction of sp³-hybridized carbons (Fsp3) is 0.643. The van der Waals surface area contributed by atoms with E-state index in [0.29, 0.717) is 6.04 Å². The highest BCUT2D eigenvalue weighted by atomic mass is 79.9. The number of aromatic nitrogens is 1. The number of pyridine rings is 1. The predicted molar refractivity (Wildman–Crippen MR) is 78.7 cm³/mol. The van der Waals surface area contributed by atoms with E-state index in [1.165, 1.54) is 38.5 Å². The number of rotatable bonds is 1. The van der Waals surface area contributed by atoms with Crippen molar-refractivity contribution in [1.82, 2.24) is 4.98 Å². The van der Waals surface area contributed by atoms with Gasteiger partial charge in [0.1, 0.15) is 0 Å². The second-order valence-electron chi connectivity index (χ2n) is 5.51. The minimum atomic E-state index is 0.670. The van der Waals surface area contributed by atoms with Gasteiger partial charge < -0.3 is 10.6 Å². The van der Waals surface area contributed by atoms with Crippen LogP contribution in [-0.2, 0) is 0 Å². The lowest BCUT2D eigenvalue weighted by Gasteiger charge is -2.45. The van der Waals surface area contributed by atoms with E-state index < -0.39 is 0 Å². The highest BCUT2D eigenvalue weighted by Crippen LogP contribution is 2.38. The third kappa shape index (κ3) is 2.22. The van der Waals surface area contributed by atoms with Gasteiger partial charge in [-0.1, -0.05) is 12.8 Å². The van der Waals surface area contributed by atoms with E-state index >= 15 is 0 Å². The monoisotopic (exact) mass is 309 g/mol. The van der Waals surface area contributed by atoms with E-state index in [1.54, 1.807) is 0 Å². The van der Waals surface area contributed by atoms with Crippen LogP contribution in [0.2, 0.25) is 0 Å². The maximum Gasteiger partial charge on any atom is 0.152 e. The first kappa shape index (κ1) is 12.3. The number of hydrogen-bond donors (Lipinski definition) is 1. The van der Waals surface area contributed by atoms with Gasteiger partial charge in [0.15, 0.2) is 5.82 Å². The van der Waals surface area contributed by atoms with Gasteiger partial charge >= 0.3 is 0 Å². The molecule has 0 amide bonds. The Morgan fingerprint density at radius 1 is 1.22 bits per heavy atom. The van der Waals surface area contributed by atoms with Crippen molar-refractivity contribution >= 4 is 27.4 Å². The molecule has 0 aromatic carbocycles. The van der Waals surface area contributed by atoms with E-state index in [2.05, 4.69) is 25.8 Å². The van der Waals surface area contributed by atoms with Gasteiger partial charge in [0.25, 0.3) is 0 Å². The number of nitrogens with zero attached hydrogens (tertiary/aromatic N) is 2. The lowest BCUT2D eigenvalue weighted by Crippen LogP contribution is -2.47. The third-order valence-corrected chi connectivity index (χ3v) is 4.81. The number of nitrogen functional groups attached to an aromatic ring is 1. The summed E-state index contributed by atoms with van der Waals surface area (Å²) in [7, 11) is 0. The summed E-state index contributed by atoms with van der Waals surface area (Å²) in [5.74, 6) is 1.85. The summed E-state index contributed by atoms with van der Waals surface area (Å²) in [4.78, 5) is 7.01. The van der Waals surface area contributed by atoms with E-state index in [1.807, 2.05) is 12.3 Å². The van der Waals surface area contributed by atoms with E-state index in [-0.39, 0.29) is 0 Å². The summed E-state index contributed by atoms with van der Waals surface area (Å²) in [5, 5.41) is 0. The second kappa shape index (κ2) is 5.08. The number of halogens is 1. The molecule has 3 nitrogen and oxygen atoms in total. The molecule has 2 atom stereocenters. The van der Waals surface area contributed by atoms with Crippen molar-refractivity contribution in [3.63, 3.8) is 0 Å². The van der Waals surface area contributed by atoms with Gasteiger partial charge in [-0.2, -0.15) is 0 Å². The number of nitrogens with two attached hydrogens (primary N) is 1. The number of anilines is 2. The molecule has 2 fully saturated rings. The molecule has 1 aliphatic heterocycles. The molecule has 1 aromatic rings. The van der Waals surface area contributed by atoms with Gasteiger partial charge in [-0.05, 0) is 53.6 Å². The fourth-order valence-corrected chi connectivity index (χ4v) is 3.92. The molecule has 1 aliphatic carbocycles. The molecule has 2 N–H and O–H groups in total. The minimum absolute atomic E-state index is 0.670. The molecule has 2 aliphatic rings. The zero-order valence-electron chi connectivity index (χ0n) is 10.6. The maximum atomic E-state index is 6.14. The van der Waals surface area contributed by atoms with Crippen molar-refractivity contribution in [3.05, 3.63) is 16.7 Å². The summed E-state index contributed by atoms with van der Waals surface area (Å²) >= 11 is 3.43. The van der Waals surface area contributed by atoms with E-state index in [4.69, 9.17) is 5.73 Å². The van der Waals surface area contributed by atoms with Crippen LogP contribution in [0.1, 0.15) is 38.5 Å². The Labute approximate surface area is 117 Å².